The molecule has 1 aliphatic heterocycles. The van der Waals surface area contributed by atoms with Crippen LogP contribution in [0.2, 0.25) is 0 Å². The molecule has 0 bridgehead atoms. The average Bonchev–Trinajstić information content (AvgIpc) is 2.44. The van der Waals surface area contributed by atoms with E-state index in [4.69, 9.17) is 4.84 Å². The minimum Gasteiger partial charge on any atom is -0.399 e. The zero-order valence-electron chi connectivity index (χ0n) is 10.7. The van der Waals surface area contributed by atoms with Crippen molar-refractivity contribution in [3.63, 3.8) is 0 Å². The highest BCUT2D eigenvalue weighted by Crippen LogP contribution is 2.49. The molecule has 2 aromatic carbocycles. The number of nitrogens with zero attached hydrogens (tertiary/aromatic N) is 1. The van der Waals surface area contributed by atoms with Gasteiger partial charge in [-0.2, -0.15) is 0 Å². The molecule has 0 saturated carbocycles. The Morgan fingerprint density at radius 1 is 0.947 bits per heavy atom. The van der Waals surface area contributed by atoms with Crippen LogP contribution in [0.1, 0.15) is 12.5 Å². The summed E-state index contributed by atoms with van der Waals surface area (Å²) in [6.45, 7) is 1.98. The Morgan fingerprint density at radius 2 is 1.63 bits per heavy atom. The van der Waals surface area contributed by atoms with Gasteiger partial charge in [0.15, 0.2) is 0 Å². The summed E-state index contributed by atoms with van der Waals surface area (Å²) >= 11 is 3.62. The molecule has 0 N–H and O–H groups in total. The summed E-state index contributed by atoms with van der Waals surface area (Å²) in [7, 11) is 1.58. The first-order chi connectivity index (χ1) is 9.29. The van der Waals surface area contributed by atoms with Gasteiger partial charge in [0.1, 0.15) is 7.11 Å². The van der Waals surface area contributed by atoms with Crippen LogP contribution in [-0.4, -0.2) is 12.8 Å². The summed E-state index contributed by atoms with van der Waals surface area (Å²) in [6, 6.07) is 14.8. The van der Waals surface area contributed by atoms with Crippen LogP contribution in [0.25, 0.3) is 0 Å². The maximum Gasteiger partial charge on any atom is 0.106 e. The normalized spacial score (nSPS) is 13.7. The van der Waals surface area contributed by atoms with Crippen LogP contribution in [0.3, 0.4) is 0 Å². The molecule has 1 heterocycles. The molecule has 3 rings (SSSR count). The summed E-state index contributed by atoms with van der Waals surface area (Å²) in [5.74, 6) is 0. The third-order valence-electron chi connectivity index (χ3n) is 2.88. The standard InChI is InChI=1S/C15H13NOS2/c1-10(16-17-2)11-6-5-9-14-15(11)19-13-8-4-3-7-12(13)18-14/h3-9H,1-2H3/b16-10+. The minimum absolute atomic E-state index is 0.909. The van der Waals surface area contributed by atoms with Crippen molar-refractivity contribution in [1.29, 1.82) is 0 Å². The Labute approximate surface area is 121 Å². The van der Waals surface area contributed by atoms with Gasteiger partial charge in [0.05, 0.1) is 5.71 Å². The van der Waals surface area contributed by atoms with Crippen molar-refractivity contribution in [3.05, 3.63) is 48.0 Å². The maximum absolute atomic E-state index is 4.89. The van der Waals surface area contributed by atoms with Crippen molar-refractivity contribution in [2.75, 3.05) is 7.11 Å². The molecule has 96 valence electrons. The van der Waals surface area contributed by atoms with Gasteiger partial charge in [-0.3, -0.25) is 0 Å². The first-order valence-corrected chi connectivity index (χ1v) is 7.59. The zero-order valence-corrected chi connectivity index (χ0v) is 12.3. The van der Waals surface area contributed by atoms with E-state index in [0.29, 0.717) is 0 Å². The third-order valence-corrected chi connectivity index (χ3v) is 5.49. The lowest BCUT2D eigenvalue weighted by molar-refractivity contribution is 0.213. The average molecular weight is 287 g/mol. The molecule has 4 heteroatoms. The minimum atomic E-state index is 0.909. The second-order valence-corrected chi connectivity index (χ2v) is 6.28. The molecule has 2 nitrogen and oxygen atoms in total. The van der Waals surface area contributed by atoms with E-state index >= 15 is 0 Å². The largest absolute Gasteiger partial charge is 0.399 e. The highest BCUT2D eigenvalue weighted by Gasteiger charge is 2.20. The molecule has 19 heavy (non-hydrogen) atoms. The van der Waals surface area contributed by atoms with Gasteiger partial charge >= 0.3 is 0 Å². The van der Waals surface area contributed by atoms with Crippen molar-refractivity contribution in [3.8, 4) is 0 Å². The molecule has 0 spiro atoms. The van der Waals surface area contributed by atoms with E-state index in [-0.39, 0.29) is 0 Å². The number of benzene rings is 2. The van der Waals surface area contributed by atoms with Gasteiger partial charge < -0.3 is 4.84 Å². The summed E-state index contributed by atoms with van der Waals surface area (Å²) in [4.78, 5) is 10.1. The van der Waals surface area contributed by atoms with Crippen LogP contribution in [0.15, 0.2) is 67.2 Å². The lowest BCUT2D eigenvalue weighted by atomic mass is 10.1. The van der Waals surface area contributed by atoms with E-state index in [2.05, 4.69) is 47.6 Å². The molecule has 2 aromatic rings. The van der Waals surface area contributed by atoms with Crippen LogP contribution in [0, 0.1) is 0 Å². The van der Waals surface area contributed by atoms with Gasteiger partial charge in [0.2, 0.25) is 0 Å². The molecular weight excluding hydrogens is 274 g/mol. The SMILES string of the molecule is CO/N=C(\C)c1cccc2c1Sc1ccccc1S2. The molecule has 0 fully saturated rings. The van der Waals surface area contributed by atoms with Crippen molar-refractivity contribution in [2.24, 2.45) is 5.16 Å². The fraction of sp³-hybridized carbons (Fsp3) is 0.133. The topological polar surface area (TPSA) is 21.6 Å². The van der Waals surface area contributed by atoms with Crippen molar-refractivity contribution in [2.45, 2.75) is 26.5 Å². The van der Waals surface area contributed by atoms with Crippen molar-refractivity contribution < 1.29 is 4.84 Å². The Morgan fingerprint density at radius 3 is 2.37 bits per heavy atom. The quantitative estimate of drug-likeness (QED) is 0.505. The van der Waals surface area contributed by atoms with E-state index < -0.39 is 0 Å². The fourth-order valence-electron chi connectivity index (χ4n) is 2.02. The number of hydrogen-bond acceptors (Lipinski definition) is 4. The number of rotatable bonds is 2. The Balaban J connectivity index is 2.08. The summed E-state index contributed by atoms with van der Waals surface area (Å²) < 4.78 is 0. The summed E-state index contributed by atoms with van der Waals surface area (Å²) in [6.07, 6.45) is 0. The maximum atomic E-state index is 4.89. The molecule has 0 atom stereocenters. The molecule has 0 saturated heterocycles. The van der Waals surface area contributed by atoms with Gasteiger partial charge in [0.25, 0.3) is 0 Å². The smallest absolute Gasteiger partial charge is 0.106 e. The highest BCUT2D eigenvalue weighted by atomic mass is 32.2. The summed E-state index contributed by atoms with van der Waals surface area (Å²) in [5, 5.41) is 4.05. The summed E-state index contributed by atoms with van der Waals surface area (Å²) in [5.41, 5.74) is 2.05. The monoisotopic (exact) mass is 287 g/mol. The van der Waals surface area contributed by atoms with Crippen LogP contribution < -0.4 is 0 Å². The van der Waals surface area contributed by atoms with E-state index in [9.17, 15) is 0 Å². The Hall–Kier alpha value is -1.39. The second-order valence-electron chi connectivity index (χ2n) is 4.14. The van der Waals surface area contributed by atoms with Gasteiger partial charge in [-0.1, -0.05) is 52.9 Å². The molecule has 1 aliphatic rings. The molecule has 0 aromatic heterocycles. The lowest BCUT2D eigenvalue weighted by Gasteiger charge is -2.20. The molecule has 0 aliphatic carbocycles. The van der Waals surface area contributed by atoms with Gasteiger partial charge in [0, 0.05) is 25.1 Å². The van der Waals surface area contributed by atoms with Crippen LogP contribution in [-0.2, 0) is 4.84 Å². The second kappa shape index (κ2) is 5.31. The highest BCUT2D eigenvalue weighted by molar-refractivity contribution is 8.05. The van der Waals surface area contributed by atoms with Crippen molar-refractivity contribution in [1.82, 2.24) is 0 Å². The van der Waals surface area contributed by atoms with Crippen LogP contribution >= 0.6 is 23.5 Å². The van der Waals surface area contributed by atoms with Crippen LogP contribution in [0.5, 0.6) is 0 Å². The van der Waals surface area contributed by atoms with E-state index in [1.807, 2.05) is 18.7 Å². The van der Waals surface area contributed by atoms with Gasteiger partial charge in [-0.05, 0) is 25.1 Å². The van der Waals surface area contributed by atoms with Crippen LogP contribution in [0.4, 0.5) is 0 Å². The Bertz CT molecular complexity index is 652. The zero-order chi connectivity index (χ0) is 13.2. The molecule has 0 radical (unpaired) electrons. The third kappa shape index (κ3) is 2.38. The molecular formula is C15H13NOS2. The first kappa shape index (κ1) is 12.6. The molecule has 0 unspecified atom stereocenters. The first-order valence-electron chi connectivity index (χ1n) is 5.95. The van der Waals surface area contributed by atoms with E-state index in [1.54, 1.807) is 18.9 Å². The van der Waals surface area contributed by atoms with E-state index in [0.717, 1.165) is 11.3 Å². The molecule has 0 amide bonds. The van der Waals surface area contributed by atoms with E-state index in [1.165, 1.54) is 19.6 Å². The van der Waals surface area contributed by atoms with Crippen molar-refractivity contribution >= 4 is 29.2 Å². The predicted molar refractivity (Wildman–Crippen MR) is 80.4 cm³/mol. The number of fused-ring (bicyclic) bond motifs is 2. The number of hydrogen-bond donors (Lipinski definition) is 0. The fourth-order valence-corrected chi connectivity index (χ4v) is 4.45. The lowest BCUT2D eigenvalue weighted by Crippen LogP contribution is -2.01. The van der Waals surface area contributed by atoms with Gasteiger partial charge in [-0.25, -0.2) is 0 Å². The Kier molecular flexibility index (Phi) is 3.53. The van der Waals surface area contributed by atoms with Gasteiger partial charge in [-0.15, -0.1) is 0 Å². The number of oxime groups is 1. The predicted octanol–water partition coefficient (Wildman–Crippen LogP) is 4.67.